The topological polar surface area (TPSA) is 44.8 Å². The average Bonchev–Trinajstić information content (AvgIpc) is 2.27. The Balaban J connectivity index is 3.51. The van der Waals surface area contributed by atoms with Crippen molar-refractivity contribution in [1.29, 1.82) is 0 Å². The highest BCUT2D eigenvalue weighted by Crippen LogP contribution is 2.38. The molecular weight excluding hydrogens is 203 g/mol. The Morgan fingerprint density at radius 1 is 1.13 bits per heavy atom. The highest BCUT2D eigenvalue weighted by Gasteiger charge is 2.19. The lowest BCUT2D eigenvalue weighted by Crippen LogP contribution is -2.01. The molecule has 5 heteroatoms. The van der Waals surface area contributed by atoms with Gasteiger partial charge in [0, 0.05) is 6.07 Å². The Bertz CT molecular complexity index is 376. The molecule has 0 aliphatic rings. The summed E-state index contributed by atoms with van der Waals surface area (Å²) in [5.74, 6) is -0.511. The lowest BCUT2D eigenvalue weighted by atomic mass is 10.1. The Morgan fingerprint density at radius 2 is 1.73 bits per heavy atom. The molecule has 0 aromatic heterocycles. The van der Waals surface area contributed by atoms with Gasteiger partial charge in [0.2, 0.25) is 0 Å². The van der Waals surface area contributed by atoms with Crippen molar-refractivity contribution in [3.05, 3.63) is 17.4 Å². The van der Waals surface area contributed by atoms with E-state index in [1.54, 1.807) is 0 Å². The maximum atomic E-state index is 13.4. The van der Waals surface area contributed by atoms with Gasteiger partial charge in [0.05, 0.1) is 21.3 Å². The zero-order valence-electron chi connectivity index (χ0n) is 8.67. The lowest BCUT2D eigenvalue weighted by Gasteiger charge is -2.13. The first-order valence-corrected chi connectivity index (χ1v) is 4.13. The van der Waals surface area contributed by atoms with Gasteiger partial charge in [-0.05, 0) is 0 Å². The first-order chi connectivity index (χ1) is 7.19. The van der Waals surface area contributed by atoms with E-state index < -0.39 is 5.82 Å². The summed E-state index contributed by atoms with van der Waals surface area (Å²) in [5, 5.41) is 0. The minimum atomic E-state index is -0.669. The van der Waals surface area contributed by atoms with Crippen LogP contribution < -0.4 is 14.2 Å². The molecule has 0 saturated carbocycles. The molecule has 1 aromatic rings. The number of halogens is 1. The van der Waals surface area contributed by atoms with Crippen LogP contribution in [0.4, 0.5) is 4.39 Å². The van der Waals surface area contributed by atoms with Crippen molar-refractivity contribution < 1.29 is 23.4 Å². The summed E-state index contributed by atoms with van der Waals surface area (Å²) in [4.78, 5) is 10.8. The van der Waals surface area contributed by atoms with Crippen LogP contribution in [0.5, 0.6) is 17.2 Å². The predicted octanol–water partition coefficient (Wildman–Crippen LogP) is 1.66. The summed E-state index contributed by atoms with van der Waals surface area (Å²) in [6, 6.07) is 1.10. The van der Waals surface area contributed by atoms with E-state index in [0.29, 0.717) is 6.29 Å². The molecule has 15 heavy (non-hydrogen) atoms. The molecule has 4 nitrogen and oxygen atoms in total. The van der Waals surface area contributed by atoms with Crippen LogP contribution in [0.2, 0.25) is 0 Å². The number of hydrogen-bond acceptors (Lipinski definition) is 4. The van der Waals surface area contributed by atoms with Gasteiger partial charge in [-0.1, -0.05) is 0 Å². The standard InChI is InChI=1S/C10H11FO4/c1-13-8-4-7(11)9(14-2)6(5-12)10(8)15-3/h4-5H,1-3H3. The van der Waals surface area contributed by atoms with Crippen LogP contribution in [0.3, 0.4) is 0 Å². The minimum absolute atomic E-state index is 0.00292. The second kappa shape index (κ2) is 4.63. The van der Waals surface area contributed by atoms with Gasteiger partial charge >= 0.3 is 0 Å². The van der Waals surface area contributed by atoms with Gasteiger partial charge in [-0.2, -0.15) is 0 Å². The number of rotatable bonds is 4. The van der Waals surface area contributed by atoms with Crippen LogP contribution in [0.25, 0.3) is 0 Å². The fourth-order valence-electron chi connectivity index (χ4n) is 1.29. The van der Waals surface area contributed by atoms with Gasteiger partial charge < -0.3 is 14.2 Å². The van der Waals surface area contributed by atoms with Gasteiger partial charge in [0.15, 0.2) is 29.4 Å². The zero-order valence-corrected chi connectivity index (χ0v) is 8.67. The SMILES string of the molecule is COc1cc(F)c(OC)c(C=O)c1OC. The van der Waals surface area contributed by atoms with Crippen LogP contribution in [-0.2, 0) is 0 Å². The number of methoxy groups -OCH3 is 3. The average molecular weight is 214 g/mol. The van der Waals surface area contributed by atoms with Crippen molar-refractivity contribution in [3.63, 3.8) is 0 Å². The second-order valence-corrected chi connectivity index (χ2v) is 2.66. The van der Waals surface area contributed by atoms with E-state index in [9.17, 15) is 9.18 Å². The third-order valence-electron chi connectivity index (χ3n) is 1.93. The number of benzene rings is 1. The Morgan fingerprint density at radius 3 is 2.13 bits per heavy atom. The van der Waals surface area contributed by atoms with Crippen LogP contribution >= 0.6 is 0 Å². The Labute approximate surface area is 86.6 Å². The third kappa shape index (κ3) is 1.86. The summed E-state index contributed by atoms with van der Waals surface area (Å²) in [6.07, 6.45) is 0.462. The van der Waals surface area contributed by atoms with Gasteiger partial charge in [0.25, 0.3) is 0 Å². The maximum absolute atomic E-state index is 13.4. The number of aldehydes is 1. The van der Waals surface area contributed by atoms with Crippen LogP contribution in [0.15, 0.2) is 6.07 Å². The molecule has 82 valence electrons. The number of hydrogen-bond donors (Lipinski definition) is 0. The highest BCUT2D eigenvalue weighted by atomic mass is 19.1. The van der Waals surface area contributed by atoms with E-state index in [0.717, 1.165) is 6.07 Å². The van der Waals surface area contributed by atoms with E-state index in [1.165, 1.54) is 21.3 Å². The summed E-state index contributed by atoms with van der Waals surface area (Å²) >= 11 is 0. The van der Waals surface area contributed by atoms with Crippen molar-refractivity contribution in [2.24, 2.45) is 0 Å². The van der Waals surface area contributed by atoms with E-state index in [1.807, 2.05) is 0 Å². The largest absolute Gasteiger partial charge is 0.493 e. The van der Waals surface area contributed by atoms with E-state index in [4.69, 9.17) is 14.2 Å². The Kier molecular flexibility index (Phi) is 3.49. The molecule has 0 aliphatic heterocycles. The first-order valence-electron chi connectivity index (χ1n) is 4.13. The molecule has 0 heterocycles. The van der Waals surface area contributed by atoms with E-state index >= 15 is 0 Å². The Hall–Kier alpha value is -1.78. The molecular formula is C10H11FO4. The molecule has 1 aromatic carbocycles. The number of carbonyl (C=O) groups excluding carboxylic acids is 1. The fraction of sp³-hybridized carbons (Fsp3) is 0.300. The molecule has 0 N–H and O–H groups in total. The van der Waals surface area contributed by atoms with Gasteiger partial charge in [-0.15, -0.1) is 0 Å². The molecule has 0 atom stereocenters. The summed E-state index contributed by atoms with van der Waals surface area (Å²) < 4.78 is 28.0. The van der Waals surface area contributed by atoms with Crippen LogP contribution in [0, 0.1) is 5.82 Å². The quantitative estimate of drug-likeness (QED) is 0.715. The monoisotopic (exact) mass is 214 g/mol. The predicted molar refractivity (Wildman–Crippen MR) is 51.4 cm³/mol. The molecule has 0 fully saturated rings. The van der Waals surface area contributed by atoms with Crippen LogP contribution in [-0.4, -0.2) is 27.6 Å². The van der Waals surface area contributed by atoms with Crippen molar-refractivity contribution in [2.45, 2.75) is 0 Å². The zero-order chi connectivity index (χ0) is 11.4. The molecule has 0 unspecified atom stereocenters. The number of ether oxygens (including phenoxy) is 3. The molecule has 0 aliphatic carbocycles. The molecule has 1 rings (SSSR count). The van der Waals surface area contributed by atoms with Gasteiger partial charge in [0.1, 0.15) is 5.56 Å². The smallest absolute Gasteiger partial charge is 0.175 e. The van der Waals surface area contributed by atoms with Crippen LogP contribution in [0.1, 0.15) is 10.4 Å². The maximum Gasteiger partial charge on any atom is 0.175 e. The number of carbonyl (C=O) groups is 1. The molecule has 0 bridgehead atoms. The summed E-state index contributed by atoms with van der Waals surface area (Å²) in [5.41, 5.74) is -0.00292. The minimum Gasteiger partial charge on any atom is -0.493 e. The van der Waals surface area contributed by atoms with E-state index in [-0.39, 0.29) is 22.8 Å². The highest BCUT2D eigenvalue weighted by molar-refractivity contribution is 5.85. The summed E-state index contributed by atoms with van der Waals surface area (Å²) in [7, 11) is 4.00. The third-order valence-corrected chi connectivity index (χ3v) is 1.93. The van der Waals surface area contributed by atoms with E-state index in [2.05, 4.69) is 0 Å². The molecule has 0 radical (unpaired) electrons. The van der Waals surface area contributed by atoms with Crippen molar-refractivity contribution >= 4 is 6.29 Å². The molecule has 0 amide bonds. The fourth-order valence-corrected chi connectivity index (χ4v) is 1.29. The van der Waals surface area contributed by atoms with Crippen molar-refractivity contribution in [1.82, 2.24) is 0 Å². The molecule has 0 spiro atoms. The van der Waals surface area contributed by atoms with Gasteiger partial charge in [-0.3, -0.25) is 4.79 Å². The second-order valence-electron chi connectivity index (χ2n) is 2.66. The molecule has 0 saturated heterocycles. The first kappa shape index (κ1) is 11.3. The van der Waals surface area contributed by atoms with Crippen molar-refractivity contribution in [3.8, 4) is 17.2 Å². The lowest BCUT2D eigenvalue weighted by molar-refractivity contribution is 0.111. The van der Waals surface area contributed by atoms with Gasteiger partial charge in [-0.25, -0.2) is 4.39 Å². The normalized spacial score (nSPS) is 9.60. The summed E-state index contributed by atoms with van der Waals surface area (Å²) in [6.45, 7) is 0. The van der Waals surface area contributed by atoms with Crippen molar-refractivity contribution in [2.75, 3.05) is 21.3 Å².